The molecule has 0 atom stereocenters. The molecular formula is C20H28FIN4. The molecule has 4 nitrogen and oxygen atoms in total. The number of aliphatic imine (C=N–C) groups is 1. The Bertz CT molecular complexity index is 714. The van der Waals surface area contributed by atoms with E-state index in [9.17, 15) is 4.39 Å². The van der Waals surface area contributed by atoms with E-state index in [2.05, 4.69) is 44.8 Å². The summed E-state index contributed by atoms with van der Waals surface area (Å²) < 4.78 is 13.6. The lowest BCUT2D eigenvalue weighted by Crippen LogP contribution is -2.37. The van der Waals surface area contributed by atoms with Crippen LogP contribution in [-0.4, -0.2) is 33.6 Å². The number of guanidine groups is 1. The van der Waals surface area contributed by atoms with Gasteiger partial charge in [-0.05, 0) is 48.2 Å². The first-order valence-electron chi connectivity index (χ1n) is 8.45. The van der Waals surface area contributed by atoms with E-state index >= 15 is 0 Å². The zero-order valence-corrected chi connectivity index (χ0v) is 18.2. The van der Waals surface area contributed by atoms with Crippen LogP contribution >= 0.6 is 24.0 Å². The minimum atomic E-state index is -0.177. The van der Waals surface area contributed by atoms with Crippen LogP contribution in [0.1, 0.15) is 16.7 Å². The molecule has 2 aromatic rings. The number of benzene rings is 2. The summed E-state index contributed by atoms with van der Waals surface area (Å²) in [7, 11) is 5.80. The smallest absolute Gasteiger partial charge is 0.191 e. The Morgan fingerprint density at radius 1 is 1.04 bits per heavy atom. The minimum Gasteiger partial charge on any atom is -0.378 e. The molecule has 142 valence electrons. The van der Waals surface area contributed by atoms with Gasteiger partial charge in [-0.15, -0.1) is 24.0 Å². The Labute approximate surface area is 172 Å². The summed E-state index contributed by atoms with van der Waals surface area (Å²) in [5.74, 6) is 0.536. The van der Waals surface area contributed by atoms with Gasteiger partial charge in [0, 0.05) is 39.9 Å². The highest BCUT2D eigenvalue weighted by Gasteiger charge is 2.02. The fraction of sp³-hybridized carbons (Fsp3) is 0.350. The van der Waals surface area contributed by atoms with Crippen LogP contribution in [0.2, 0.25) is 0 Å². The van der Waals surface area contributed by atoms with Crippen molar-refractivity contribution < 1.29 is 4.39 Å². The Morgan fingerprint density at radius 3 is 2.27 bits per heavy atom. The molecule has 2 N–H and O–H groups in total. The second-order valence-electron chi connectivity index (χ2n) is 6.25. The first-order chi connectivity index (χ1) is 12.0. The maximum Gasteiger partial charge on any atom is 0.191 e. The molecule has 2 rings (SSSR count). The highest BCUT2D eigenvalue weighted by molar-refractivity contribution is 14.0. The minimum absolute atomic E-state index is 0. The van der Waals surface area contributed by atoms with Gasteiger partial charge in [0.15, 0.2) is 5.96 Å². The van der Waals surface area contributed by atoms with Gasteiger partial charge in [-0.3, -0.25) is 4.99 Å². The van der Waals surface area contributed by atoms with E-state index in [1.807, 2.05) is 20.2 Å². The number of nitrogens with zero attached hydrogens (tertiary/aromatic N) is 2. The van der Waals surface area contributed by atoms with E-state index in [1.165, 1.54) is 11.3 Å². The van der Waals surface area contributed by atoms with Crippen molar-refractivity contribution in [2.75, 3.05) is 32.6 Å². The first-order valence-corrected chi connectivity index (χ1v) is 8.45. The predicted octanol–water partition coefficient (Wildman–Crippen LogP) is 3.73. The van der Waals surface area contributed by atoms with E-state index < -0.39 is 0 Å². The van der Waals surface area contributed by atoms with E-state index in [-0.39, 0.29) is 29.8 Å². The molecule has 0 fully saturated rings. The quantitative estimate of drug-likeness (QED) is 0.384. The molecule has 0 radical (unpaired) electrons. The molecule has 0 heterocycles. The standard InChI is InChI=1S/C20H27FN4.HI/c1-15-5-6-17(13-19(15)21)14-24-20(22-2)23-12-11-16-7-9-18(10-8-16)25(3)4;/h5-10,13H,11-12,14H2,1-4H3,(H2,22,23,24);1H. The molecule has 0 aliphatic carbocycles. The first kappa shape index (κ1) is 22.2. The fourth-order valence-electron chi connectivity index (χ4n) is 2.44. The van der Waals surface area contributed by atoms with Crippen molar-refractivity contribution in [1.29, 1.82) is 0 Å². The van der Waals surface area contributed by atoms with E-state index in [0.717, 1.165) is 18.5 Å². The van der Waals surface area contributed by atoms with Crippen LogP contribution in [0.25, 0.3) is 0 Å². The van der Waals surface area contributed by atoms with Gasteiger partial charge in [-0.2, -0.15) is 0 Å². The molecule has 0 aliphatic heterocycles. The third-order valence-corrected chi connectivity index (χ3v) is 4.08. The van der Waals surface area contributed by atoms with Gasteiger partial charge >= 0.3 is 0 Å². The third kappa shape index (κ3) is 6.82. The van der Waals surface area contributed by atoms with E-state index in [0.29, 0.717) is 18.1 Å². The van der Waals surface area contributed by atoms with E-state index in [1.54, 1.807) is 26.1 Å². The number of hydrogen-bond acceptors (Lipinski definition) is 2. The van der Waals surface area contributed by atoms with Crippen molar-refractivity contribution in [3.8, 4) is 0 Å². The molecule has 0 aromatic heterocycles. The lowest BCUT2D eigenvalue weighted by Gasteiger charge is -2.14. The molecule has 0 bridgehead atoms. The average Bonchev–Trinajstić information content (AvgIpc) is 2.61. The molecular weight excluding hydrogens is 442 g/mol. The second-order valence-corrected chi connectivity index (χ2v) is 6.25. The van der Waals surface area contributed by atoms with Crippen molar-refractivity contribution in [3.05, 3.63) is 65.0 Å². The van der Waals surface area contributed by atoms with Gasteiger partial charge in [0.05, 0.1) is 0 Å². The third-order valence-electron chi connectivity index (χ3n) is 4.08. The topological polar surface area (TPSA) is 39.7 Å². The predicted molar refractivity (Wildman–Crippen MR) is 119 cm³/mol. The molecule has 0 amide bonds. The van der Waals surface area contributed by atoms with Crippen LogP contribution in [0, 0.1) is 12.7 Å². The molecule has 2 aromatic carbocycles. The molecule has 0 saturated heterocycles. The number of nitrogens with one attached hydrogen (secondary N) is 2. The summed E-state index contributed by atoms with van der Waals surface area (Å²) in [6.45, 7) is 3.08. The normalized spacial score (nSPS) is 10.9. The lowest BCUT2D eigenvalue weighted by molar-refractivity contribution is 0.615. The van der Waals surface area contributed by atoms with Crippen molar-refractivity contribution >= 4 is 35.6 Å². The summed E-state index contributed by atoms with van der Waals surface area (Å²) in [6, 6.07) is 13.8. The Kier molecular flexibility index (Phi) is 9.40. The molecule has 26 heavy (non-hydrogen) atoms. The molecule has 0 spiro atoms. The fourth-order valence-corrected chi connectivity index (χ4v) is 2.44. The second kappa shape index (κ2) is 11.0. The van der Waals surface area contributed by atoms with Gasteiger partial charge < -0.3 is 15.5 Å². The number of halogens is 2. The van der Waals surface area contributed by atoms with Crippen LogP contribution in [0.4, 0.5) is 10.1 Å². The number of anilines is 1. The Hall–Kier alpha value is -1.83. The summed E-state index contributed by atoms with van der Waals surface area (Å²) in [5, 5.41) is 6.49. The van der Waals surface area contributed by atoms with Gasteiger partial charge in [0.25, 0.3) is 0 Å². The summed E-state index contributed by atoms with van der Waals surface area (Å²) in [4.78, 5) is 6.29. The van der Waals surface area contributed by atoms with Crippen LogP contribution in [0.15, 0.2) is 47.5 Å². The van der Waals surface area contributed by atoms with Crippen LogP contribution in [0.3, 0.4) is 0 Å². The average molecular weight is 470 g/mol. The van der Waals surface area contributed by atoms with Crippen molar-refractivity contribution in [2.24, 2.45) is 4.99 Å². The SMILES string of the molecule is CN=C(NCCc1ccc(N(C)C)cc1)NCc1ccc(C)c(F)c1.I. The lowest BCUT2D eigenvalue weighted by atomic mass is 10.1. The number of aryl methyl sites for hydroxylation is 1. The largest absolute Gasteiger partial charge is 0.378 e. The number of hydrogen-bond donors (Lipinski definition) is 2. The number of rotatable bonds is 6. The van der Waals surface area contributed by atoms with Crippen LogP contribution in [0.5, 0.6) is 0 Å². The Balaban J connectivity index is 0.00000338. The van der Waals surface area contributed by atoms with Gasteiger partial charge in [0.1, 0.15) is 5.82 Å². The molecule has 0 aliphatic rings. The Morgan fingerprint density at radius 2 is 1.69 bits per heavy atom. The van der Waals surface area contributed by atoms with Gasteiger partial charge in [-0.25, -0.2) is 4.39 Å². The van der Waals surface area contributed by atoms with Crippen molar-refractivity contribution in [2.45, 2.75) is 19.9 Å². The maximum absolute atomic E-state index is 13.6. The summed E-state index contributed by atoms with van der Waals surface area (Å²) in [5.41, 5.74) is 4.02. The monoisotopic (exact) mass is 470 g/mol. The van der Waals surface area contributed by atoms with Crippen LogP contribution < -0.4 is 15.5 Å². The van der Waals surface area contributed by atoms with E-state index in [4.69, 9.17) is 0 Å². The molecule has 0 saturated carbocycles. The van der Waals surface area contributed by atoms with Crippen LogP contribution in [-0.2, 0) is 13.0 Å². The highest BCUT2D eigenvalue weighted by Crippen LogP contribution is 2.12. The van der Waals surface area contributed by atoms with Crippen molar-refractivity contribution in [3.63, 3.8) is 0 Å². The molecule has 6 heteroatoms. The van der Waals surface area contributed by atoms with Gasteiger partial charge in [-0.1, -0.05) is 24.3 Å². The molecule has 0 unspecified atom stereocenters. The zero-order chi connectivity index (χ0) is 18.2. The zero-order valence-electron chi connectivity index (χ0n) is 15.8. The highest BCUT2D eigenvalue weighted by atomic mass is 127. The maximum atomic E-state index is 13.6. The van der Waals surface area contributed by atoms with Crippen molar-refractivity contribution in [1.82, 2.24) is 10.6 Å². The van der Waals surface area contributed by atoms with Gasteiger partial charge in [0.2, 0.25) is 0 Å². The summed E-state index contributed by atoms with van der Waals surface area (Å²) >= 11 is 0. The summed E-state index contributed by atoms with van der Waals surface area (Å²) in [6.07, 6.45) is 0.910.